The molecule has 0 aromatic heterocycles. The fourth-order valence-corrected chi connectivity index (χ4v) is 15.4. The van der Waals surface area contributed by atoms with Crippen molar-refractivity contribution in [3.8, 4) is 51.5 Å². The summed E-state index contributed by atoms with van der Waals surface area (Å²) in [7, 11) is -8.19. The van der Waals surface area contributed by atoms with Crippen LogP contribution >= 0.6 is 23.0 Å². The van der Waals surface area contributed by atoms with Gasteiger partial charge in [0.25, 0.3) is 0 Å². The third-order valence-corrected chi connectivity index (χ3v) is 21.0. The van der Waals surface area contributed by atoms with Crippen molar-refractivity contribution in [3.63, 3.8) is 0 Å². The number of carbonyl (C=O) groups excluding carboxylic acids is 6. The Morgan fingerprint density at radius 2 is 1.56 bits per heavy atom. The van der Waals surface area contributed by atoms with Crippen LogP contribution in [0, 0.1) is 11.8 Å². The summed E-state index contributed by atoms with van der Waals surface area (Å²) in [5.74, 6) is 1.99. The second-order valence-electron chi connectivity index (χ2n) is 23.2. The lowest BCUT2D eigenvalue weighted by molar-refractivity contribution is -0.144. The quantitative estimate of drug-likeness (QED) is 0.00451. The highest BCUT2D eigenvalue weighted by Gasteiger charge is 2.44. The molecule has 6 unspecified atom stereocenters. The number of nitrogens with zero attached hydrogens (tertiary/aromatic N) is 3. The first-order chi connectivity index (χ1) is 45.0. The number of ether oxygens (including phenoxy) is 3. The van der Waals surface area contributed by atoms with Crippen molar-refractivity contribution in [1.29, 1.82) is 0 Å². The number of benzene rings is 5. The predicted octanol–water partition coefficient (Wildman–Crippen LogP) is 7.39. The van der Waals surface area contributed by atoms with Crippen molar-refractivity contribution in [2.24, 2.45) is 0 Å². The lowest BCUT2D eigenvalue weighted by atomic mass is 9.89. The average molecular weight is 1370 g/mol. The van der Waals surface area contributed by atoms with Crippen LogP contribution in [0.15, 0.2) is 113 Å². The van der Waals surface area contributed by atoms with Gasteiger partial charge in [-0.3, -0.25) is 42.8 Å². The average Bonchev–Trinajstić information content (AvgIpc) is 0.801. The van der Waals surface area contributed by atoms with Gasteiger partial charge >= 0.3 is 29.0 Å². The number of phosphoric acid groups is 1. The molecule has 5 aliphatic rings. The highest BCUT2D eigenvalue weighted by atomic mass is 31.3. The van der Waals surface area contributed by atoms with Crippen molar-refractivity contribution in [2.75, 3.05) is 58.8 Å². The molecule has 1 fully saturated rings. The third-order valence-electron chi connectivity index (χ3n) is 15.7. The molecular weight excluding hydrogens is 1300 g/mol. The number of aliphatic hydroxyl groups is 1. The Morgan fingerprint density at radius 1 is 0.800 bits per heavy atom. The molecule has 9 rings (SSSR count). The van der Waals surface area contributed by atoms with E-state index in [0.29, 0.717) is 70.1 Å². The SMILES string of the molecule is CN(C)c1ccc2c(-c3ccc(C(=O)CCCNC(=O)CCCCOc4ccc5c(c4)Oc4ccccc4C5NC(=O)CCC(=O)CCC#CC4=CN(C5CC(O)C(COP(=O)(O)CP(=O)(O)OP(=O)(O)O)O5)C(=O)CC4=O)cc3C(=O)O)c3ccc(=[N+](C)C)cc-3oc2c1. The van der Waals surface area contributed by atoms with E-state index in [-0.39, 0.29) is 92.3 Å². The van der Waals surface area contributed by atoms with E-state index in [4.69, 9.17) is 32.9 Å². The fourth-order valence-electron chi connectivity index (χ4n) is 10.9. The Kier molecular flexibility index (Phi) is 22.8. The molecule has 4 aliphatic heterocycles. The largest absolute Gasteiger partial charge is 0.493 e. The standard InChI is InChI=1S/C65H70N5O22P3/c1-68(2)41-19-24-46-55(31-41)90-56-32-42(69(3)4)20-25-47(56)63(46)45-23-18-39(30-50(45)65(78)79)51(72)15-11-28-66-59(75)17-9-10-29-87-44-22-26-49-57(33-44)89-54-16-8-7-14-48(54)64(49)67-60(76)27-21-43(71)13-6-5-12-40-36-70(61(77)34-52(40)73)62-35-53(74)58(91-62)37-88-93(80,81)38-94(82,83)92-95(84,85)86/h7-8,14,16,18-20,22-26,30-33,36,53,58,62,64,74H,6,9-11,13,15,17,21,27-29,34-35,37-38H2,1-4H3,(H6-,66,67,75,76,78,79,80,81,82,83,84,85,86)/p+1. The first kappa shape index (κ1) is 70.8. The summed E-state index contributed by atoms with van der Waals surface area (Å²) in [6, 6.07) is 28.0. The lowest BCUT2D eigenvalue weighted by Crippen LogP contribution is -2.41. The van der Waals surface area contributed by atoms with Gasteiger partial charge in [0.05, 0.1) is 49.0 Å². The number of unbranched alkanes of at least 4 members (excludes halogenated alkanes) is 1. The molecule has 6 atom stereocenters. The van der Waals surface area contributed by atoms with Crippen LogP contribution in [0.4, 0.5) is 5.69 Å². The minimum Gasteiger partial charge on any atom is -0.493 e. The number of carbonyl (C=O) groups is 7. The van der Waals surface area contributed by atoms with Crippen molar-refractivity contribution < 1.29 is 105 Å². The van der Waals surface area contributed by atoms with Gasteiger partial charge in [-0.1, -0.05) is 42.2 Å². The Hall–Kier alpha value is -8.47. The zero-order valence-electron chi connectivity index (χ0n) is 52.1. The van der Waals surface area contributed by atoms with E-state index in [1.165, 1.54) is 6.07 Å². The Balaban J connectivity index is 0.700. The van der Waals surface area contributed by atoms with Gasteiger partial charge in [0, 0.05) is 129 Å². The molecule has 30 heteroatoms. The summed E-state index contributed by atoms with van der Waals surface area (Å²) in [5.41, 5.74) is 4.74. The number of Topliss-reactive ketones (excluding diaryl/α,β-unsaturated/α-hetero) is 3. The Labute approximate surface area is 544 Å². The summed E-state index contributed by atoms with van der Waals surface area (Å²) < 4.78 is 70.0. The highest BCUT2D eigenvalue weighted by Crippen LogP contribution is 2.65. The van der Waals surface area contributed by atoms with Gasteiger partial charge in [0.2, 0.25) is 23.1 Å². The number of ketones is 3. The first-order valence-electron chi connectivity index (χ1n) is 30.2. The van der Waals surface area contributed by atoms with Crippen LogP contribution in [-0.2, 0) is 51.2 Å². The Morgan fingerprint density at radius 3 is 2.31 bits per heavy atom. The maximum atomic E-state index is 13.5. The van der Waals surface area contributed by atoms with Crippen LogP contribution in [0.5, 0.6) is 17.2 Å². The Bertz CT molecular complexity index is 4300. The summed E-state index contributed by atoms with van der Waals surface area (Å²) in [5, 5.41) is 28.6. The monoisotopic (exact) mass is 1370 g/mol. The van der Waals surface area contributed by atoms with Gasteiger partial charge in [0.15, 0.2) is 17.5 Å². The number of rotatable bonds is 28. The van der Waals surface area contributed by atoms with Crippen molar-refractivity contribution in [2.45, 2.75) is 95.1 Å². The second kappa shape index (κ2) is 30.5. The molecule has 502 valence electrons. The lowest BCUT2D eigenvalue weighted by Gasteiger charge is -2.29. The number of hydrogen-bond donors (Lipinski definition) is 8. The number of aliphatic hydroxyl groups excluding tert-OH is 1. The van der Waals surface area contributed by atoms with Crippen molar-refractivity contribution in [1.82, 2.24) is 20.1 Å². The van der Waals surface area contributed by atoms with E-state index >= 15 is 0 Å². The van der Waals surface area contributed by atoms with Crippen molar-refractivity contribution in [3.05, 3.63) is 136 Å². The van der Waals surface area contributed by atoms with Gasteiger partial charge in [-0.15, -0.1) is 0 Å². The van der Waals surface area contributed by atoms with E-state index in [0.717, 1.165) is 33.1 Å². The normalized spacial score (nSPS) is 18.0. The number of allylic oxidation sites excluding steroid dienone is 1. The van der Waals surface area contributed by atoms with E-state index in [2.05, 4.69) is 26.8 Å². The fraction of sp³-hybridized carbons (Fsp3) is 0.354. The minimum absolute atomic E-state index is 0.00868. The second-order valence-corrected chi connectivity index (χ2v) is 28.8. The van der Waals surface area contributed by atoms with Gasteiger partial charge in [-0.05, 0) is 67.3 Å². The minimum atomic E-state index is -5.52. The number of aromatic carboxylic acids is 1. The van der Waals surface area contributed by atoms with Crippen LogP contribution in [0.2, 0.25) is 0 Å². The zero-order chi connectivity index (χ0) is 68.5. The molecule has 1 saturated heterocycles. The number of amides is 3. The van der Waals surface area contributed by atoms with Crippen LogP contribution < -0.4 is 34.9 Å². The van der Waals surface area contributed by atoms with Gasteiger partial charge in [-0.2, -0.15) is 0 Å². The first-order valence-corrected chi connectivity index (χ1v) is 35.2. The third kappa shape index (κ3) is 18.5. The summed E-state index contributed by atoms with van der Waals surface area (Å²) in [6.45, 7) is -0.339. The van der Waals surface area contributed by atoms with E-state index in [1.54, 1.807) is 48.5 Å². The molecule has 27 nitrogen and oxygen atoms in total. The summed E-state index contributed by atoms with van der Waals surface area (Å²) in [4.78, 5) is 131. The number of hydrogen-bond acceptors (Lipinski definition) is 18. The van der Waals surface area contributed by atoms with Crippen molar-refractivity contribution >= 4 is 80.7 Å². The number of para-hydroxylation sites is 1. The van der Waals surface area contributed by atoms with Gasteiger partial charge < -0.3 is 68.5 Å². The van der Waals surface area contributed by atoms with Crippen LogP contribution in [0.1, 0.15) is 109 Å². The summed E-state index contributed by atoms with van der Waals surface area (Å²) >= 11 is 0. The van der Waals surface area contributed by atoms with E-state index < -0.39 is 90.0 Å². The number of nitrogens with one attached hydrogen (secondary N) is 2. The molecule has 4 aromatic carbocycles. The maximum absolute atomic E-state index is 13.5. The smallest absolute Gasteiger partial charge is 0.476 e. The number of anilines is 1. The molecule has 0 saturated carbocycles. The molecule has 0 radical (unpaired) electrons. The van der Waals surface area contributed by atoms with E-state index in [9.17, 15) is 67.3 Å². The molecule has 1 aliphatic carbocycles. The molecule has 3 amide bonds. The molecule has 95 heavy (non-hydrogen) atoms. The number of fused-ring (bicyclic) bond motifs is 4. The number of carboxylic acids is 1. The number of carboxylic acid groups (broad SMARTS) is 1. The molecule has 4 heterocycles. The van der Waals surface area contributed by atoms with Gasteiger partial charge in [-0.25, -0.2) is 18.2 Å². The molecule has 0 spiro atoms. The van der Waals surface area contributed by atoms with E-state index in [1.807, 2.05) is 80.1 Å². The molecular formula is C65H71N5O22P3+. The maximum Gasteiger partial charge on any atom is 0.476 e. The zero-order valence-corrected chi connectivity index (χ0v) is 54.8. The molecule has 8 N–H and O–H groups in total. The predicted molar refractivity (Wildman–Crippen MR) is 344 cm³/mol. The van der Waals surface area contributed by atoms with Crippen LogP contribution in [-0.4, -0.2) is 148 Å². The molecule has 4 aromatic rings. The van der Waals surface area contributed by atoms with Gasteiger partial charge in [0.1, 0.15) is 60.8 Å². The highest BCUT2D eigenvalue weighted by molar-refractivity contribution is 7.74. The summed E-state index contributed by atoms with van der Waals surface area (Å²) in [6.07, 6.45) is -2.44. The topological polar surface area (TPSA) is 385 Å². The molecule has 0 bridgehead atoms. The van der Waals surface area contributed by atoms with Crippen LogP contribution in [0.3, 0.4) is 0 Å². The van der Waals surface area contributed by atoms with Crippen LogP contribution in [0.25, 0.3) is 33.4 Å².